The Labute approximate surface area is 183 Å². The fourth-order valence-corrected chi connectivity index (χ4v) is 5.60. The molecular weight excluding hydrogens is 433 g/mol. The summed E-state index contributed by atoms with van der Waals surface area (Å²) in [7, 11) is 2.11. The van der Waals surface area contributed by atoms with Gasteiger partial charge in [0.25, 0.3) is 0 Å². The van der Waals surface area contributed by atoms with E-state index in [2.05, 4.69) is 21.7 Å². The molecule has 9 heteroatoms. The highest BCUT2D eigenvalue weighted by atomic mass is 35.5. The number of nitrogens with one attached hydrogen (secondary N) is 1. The van der Waals surface area contributed by atoms with Crippen molar-refractivity contribution >= 4 is 35.1 Å². The molecule has 1 saturated heterocycles. The number of likely N-dealkylation sites (tertiary alicyclic amines) is 1. The van der Waals surface area contributed by atoms with Gasteiger partial charge in [-0.05, 0) is 56.8 Å². The van der Waals surface area contributed by atoms with Crippen molar-refractivity contribution in [2.24, 2.45) is 11.3 Å². The summed E-state index contributed by atoms with van der Waals surface area (Å²) in [5, 5.41) is -0.103. The molecule has 1 spiro atoms. The lowest BCUT2D eigenvalue weighted by molar-refractivity contribution is -0.0979. The molecule has 0 amide bonds. The van der Waals surface area contributed by atoms with Crippen LogP contribution in [0.2, 0.25) is 5.02 Å². The van der Waals surface area contributed by atoms with Crippen molar-refractivity contribution < 1.29 is 13.2 Å². The van der Waals surface area contributed by atoms with Gasteiger partial charge in [-0.2, -0.15) is 4.39 Å². The van der Waals surface area contributed by atoms with E-state index in [0.717, 1.165) is 26.1 Å². The molecule has 1 unspecified atom stereocenters. The number of hydrogen-bond donors (Lipinski definition) is 1. The van der Waals surface area contributed by atoms with Crippen molar-refractivity contribution in [3.8, 4) is 0 Å². The summed E-state index contributed by atoms with van der Waals surface area (Å²) in [5.74, 6) is -1.56. The molecule has 2 aliphatic rings. The van der Waals surface area contributed by atoms with E-state index >= 15 is 0 Å². The van der Waals surface area contributed by atoms with Crippen molar-refractivity contribution in [2.75, 3.05) is 42.8 Å². The Morgan fingerprint density at radius 3 is 2.70 bits per heavy atom. The minimum absolute atomic E-state index is 0.103. The monoisotopic (exact) mass is 456 g/mol. The Morgan fingerprint density at radius 1 is 1.33 bits per heavy atom. The molecule has 2 heterocycles. The Balaban J connectivity index is 1.51. The first-order valence-corrected chi connectivity index (χ1v) is 11.2. The summed E-state index contributed by atoms with van der Waals surface area (Å²) >= 11 is 7.01. The molecule has 1 saturated carbocycles. The maximum absolute atomic E-state index is 15.0. The maximum atomic E-state index is 15.0. The standard InChI is InChI=1S/C21H24ClF3N4S/c1-3-29(10-13-7-8-21(13)11-28(2)12-21)15-9-14(23)20(19(25)18(15)22)30-27-17-6-4-5-16(24)26-17/h4-6,9,13H,3,7-8,10-12H2,1-2H3,(H,26,27). The second-order valence-electron chi connectivity index (χ2n) is 8.19. The number of nitrogens with zero attached hydrogens (tertiary/aromatic N) is 3. The molecule has 0 radical (unpaired) electrons. The molecule has 1 aromatic carbocycles. The number of rotatable bonds is 7. The zero-order chi connectivity index (χ0) is 21.5. The highest BCUT2D eigenvalue weighted by Gasteiger charge is 2.53. The molecule has 30 heavy (non-hydrogen) atoms. The fraction of sp³-hybridized carbons (Fsp3) is 0.476. The fourth-order valence-electron chi connectivity index (χ4n) is 4.61. The van der Waals surface area contributed by atoms with Crippen molar-refractivity contribution in [3.05, 3.63) is 46.9 Å². The van der Waals surface area contributed by atoms with Gasteiger partial charge in [0.15, 0.2) is 5.82 Å². The molecule has 1 N–H and O–H groups in total. The van der Waals surface area contributed by atoms with Gasteiger partial charge in [0.2, 0.25) is 5.95 Å². The summed E-state index contributed by atoms with van der Waals surface area (Å²) in [5.41, 5.74) is 0.723. The number of hydrogen-bond acceptors (Lipinski definition) is 5. The van der Waals surface area contributed by atoms with Crippen LogP contribution in [-0.2, 0) is 0 Å². The lowest BCUT2D eigenvalue weighted by Crippen LogP contribution is -2.64. The van der Waals surface area contributed by atoms with Gasteiger partial charge < -0.3 is 14.5 Å². The summed E-state index contributed by atoms with van der Waals surface area (Å²) in [4.78, 5) is 7.62. The number of halogens is 4. The number of aromatic nitrogens is 1. The molecule has 4 rings (SSSR count). The van der Waals surface area contributed by atoms with Crippen LogP contribution in [0.25, 0.3) is 0 Å². The van der Waals surface area contributed by atoms with Crippen LogP contribution in [0.5, 0.6) is 0 Å². The van der Waals surface area contributed by atoms with Crippen LogP contribution in [-0.4, -0.2) is 43.1 Å². The average Bonchev–Trinajstić information content (AvgIpc) is 2.68. The average molecular weight is 457 g/mol. The summed E-state index contributed by atoms with van der Waals surface area (Å²) in [6.07, 6.45) is 2.34. The van der Waals surface area contributed by atoms with Gasteiger partial charge in [-0.25, -0.2) is 13.8 Å². The second-order valence-corrected chi connectivity index (χ2v) is 9.39. The smallest absolute Gasteiger partial charge is 0.214 e. The van der Waals surface area contributed by atoms with E-state index in [-0.39, 0.29) is 15.7 Å². The molecule has 1 aliphatic carbocycles. The normalized spacial score (nSPS) is 20.0. The van der Waals surface area contributed by atoms with Crippen LogP contribution in [0.3, 0.4) is 0 Å². The first kappa shape index (κ1) is 21.6. The molecule has 1 aliphatic heterocycles. The number of benzene rings is 1. The molecule has 162 valence electrons. The van der Waals surface area contributed by atoms with Crippen LogP contribution in [0.15, 0.2) is 29.2 Å². The third kappa shape index (κ3) is 3.97. The van der Waals surface area contributed by atoms with Gasteiger partial charge in [0.1, 0.15) is 21.6 Å². The second kappa shape index (κ2) is 8.48. The molecule has 4 nitrogen and oxygen atoms in total. The molecule has 1 aromatic heterocycles. The molecule has 1 atom stereocenters. The Hall–Kier alpha value is -1.64. The quantitative estimate of drug-likeness (QED) is 0.340. The van der Waals surface area contributed by atoms with E-state index in [0.29, 0.717) is 35.5 Å². The van der Waals surface area contributed by atoms with Crippen LogP contribution in [0.4, 0.5) is 24.7 Å². The highest BCUT2D eigenvalue weighted by Crippen LogP contribution is 2.53. The SMILES string of the molecule is CCN(CC1CCC12CN(C)C2)c1cc(F)c(SNc2cccc(F)n2)c(F)c1Cl. The molecular formula is C21H24ClF3N4S. The van der Waals surface area contributed by atoms with Crippen LogP contribution in [0, 0.1) is 28.9 Å². The minimum atomic E-state index is -0.828. The Kier molecular flexibility index (Phi) is 6.10. The Morgan fingerprint density at radius 2 is 2.10 bits per heavy atom. The summed E-state index contributed by atoms with van der Waals surface area (Å²) in [6, 6.07) is 5.44. The van der Waals surface area contributed by atoms with Crippen LogP contribution < -0.4 is 9.62 Å². The predicted molar refractivity (Wildman–Crippen MR) is 116 cm³/mol. The van der Waals surface area contributed by atoms with E-state index in [1.54, 1.807) is 0 Å². The lowest BCUT2D eigenvalue weighted by Gasteiger charge is -2.61. The van der Waals surface area contributed by atoms with Gasteiger partial charge in [0, 0.05) is 37.7 Å². The zero-order valence-corrected chi connectivity index (χ0v) is 18.5. The maximum Gasteiger partial charge on any atom is 0.214 e. The van der Waals surface area contributed by atoms with Gasteiger partial charge in [-0.15, -0.1) is 0 Å². The van der Waals surface area contributed by atoms with Crippen molar-refractivity contribution in [2.45, 2.75) is 24.7 Å². The van der Waals surface area contributed by atoms with Gasteiger partial charge in [-0.1, -0.05) is 17.7 Å². The third-order valence-electron chi connectivity index (χ3n) is 6.26. The van der Waals surface area contributed by atoms with Crippen molar-refractivity contribution in [1.29, 1.82) is 0 Å². The molecule has 0 bridgehead atoms. The van der Waals surface area contributed by atoms with E-state index in [4.69, 9.17) is 11.6 Å². The third-order valence-corrected chi connectivity index (χ3v) is 7.51. The number of anilines is 2. The molecule has 2 aromatic rings. The summed E-state index contributed by atoms with van der Waals surface area (Å²) < 4.78 is 45.6. The van der Waals surface area contributed by atoms with E-state index in [1.807, 2.05) is 11.8 Å². The molecule has 2 fully saturated rings. The van der Waals surface area contributed by atoms with Crippen LogP contribution in [0.1, 0.15) is 19.8 Å². The largest absolute Gasteiger partial charge is 0.370 e. The first-order valence-electron chi connectivity index (χ1n) is 9.99. The zero-order valence-electron chi connectivity index (χ0n) is 16.9. The van der Waals surface area contributed by atoms with E-state index < -0.39 is 17.6 Å². The van der Waals surface area contributed by atoms with Gasteiger partial charge in [-0.3, -0.25) is 0 Å². The highest BCUT2D eigenvalue weighted by molar-refractivity contribution is 8.00. The van der Waals surface area contributed by atoms with E-state index in [9.17, 15) is 13.2 Å². The topological polar surface area (TPSA) is 31.4 Å². The van der Waals surface area contributed by atoms with E-state index in [1.165, 1.54) is 30.7 Å². The minimum Gasteiger partial charge on any atom is -0.370 e. The number of pyridine rings is 1. The van der Waals surface area contributed by atoms with Crippen molar-refractivity contribution in [1.82, 2.24) is 9.88 Å². The van der Waals surface area contributed by atoms with Crippen LogP contribution >= 0.6 is 23.5 Å². The predicted octanol–water partition coefficient (Wildman–Crippen LogP) is 5.44. The Bertz CT molecular complexity index is 939. The first-order chi connectivity index (χ1) is 14.3. The van der Waals surface area contributed by atoms with Crippen molar-refractivity contribution in [3.63, 3.8) is 0 Å². The van der Waals surface area contributed by atoms with Gasteiger partial charge >= 0.3 is 0 Å². The lowest BCUT2D eigenvalue weighted by atomic mass is 9.55. The summed E-state index contributed by atoms with van der Waals surface area (Å²) in [6.45, 7) is 5.48. The van der Waals surface area contributed by atoms with Gasteiger partial charge in [0.05, 0.1) is 5.69 Å².